The van der Waals surface area contributed by atoms with Gasteiger partial charge in [-0.25, -0.2) is 0 Å². The lowest BCUT2D eigenvalue weighted by Crippen LogP contribution is -2.15. The van der Waals surface area contributed by atoms with E-state index in [9.17, 15) is 4.79 Å². The molecular formula is C23H26N4O3S. The molecule has 1 aliphatic rings. The summed E-state index contributed by atoms with van der Waals surface area (Å²) in [5.74, 6) is 2.64. The van der Waals surface area contributed by atoms with Crippen LogP contribution in [0.25, 0.3) is 0 Å². The van der Waals surface area contributed by atoms with E-state index in [0.29, 0.717) is 19.6 Å². The van der Waals surface area contributed by atoms with Crippen molar-refractivity contribution in [3.05, 3.63) is 59.4 Å². The number of fused-ring (bicyclic) bond motifs is 1. The van der Waals surface area contributed by atoms with Gasteiger partial charge in [-0.15, -0.1) is 10.2 Å². The van der Waals surface area contributed by atoms with Crippen LogP contribution in [0.4, 0.5) is 5.69 Å². The molecule has 31 heavy (non-hydrogen) atoms. The minimum absolute atomic E-state index is 0.0607. The lowest BCUT2D eigenvalue weighted by Gasteiger charge is -2.11. The first-order valence-corrected chi connectivity index (χ1v) is 11.4. The Morgan fingerprint density at radius 2 is 1.94 bits per heavy atom. The largest absolute Gasteiger partial charge is 0.490 e. The quantitative estimate of drug-likeness (QED) is 0.560. The van der Waals surface area contributed by atoms with Crippen LogP contribution in [0.2, 0.25) is 0 Å². The van der Waals surface area contributed by atoms with E-state index >= 15 is 0 Å². The Bertz CT molecular complexity index is 1070. The van der Waals surface area contributed by atoms with Crippen molar-refractivity contribution in [2.24, 2.45) is 0 Å². The molecule has 162 valence electrons. The van der Waals surface area contributed by atoms with Crippen LogP contribution in [0, 0.1) is 6.92 Å². The molecule has 3 aromatic rings. The summed E-state index contributed by atoms with van der Waals surface area (Å²) >= 11 is 1.39. The van der Waals surface area contributed by atoms with E-state index in [2.05, 4.69) is 27.0 Å². The van der Waals surface area contributed by atoms with E-state index in [4.69, 9.17) is 9.47 Å². The molecule has 0 saturated heterocycles. The lowest BCUT2D eigenvalue weighted by molar-refractivity contribution is -0.113. The summed E-state index contributed by atoms with van der Waals surface area (Å²) in [6.45, 7) is 6.09. The number of hydrogen-bond acceptors (Lipinski definition) is 6. The molecule has 8 heteroatoms. The third-order valence-electron chi connectivity index (χ3n) is 5.04. The predicted molar refractivity (Wildman–Crippen MR) is 121 cm³/mol. The van der Waals surface area contributed by atoms with Crippen molar-refractivity contribution in [3.63, 3.8) is 0 Å². The average molecular weight is 439 g/mol. The molecule has 1 amide bonds. The van der Waals surface area contributed by atoms with Crippen molar-refractivity contribution >= 4 is 23.4 Å². The maximum Gasteiger partial charge on any atom is 0.234 e. The summed E-state index contributed by atoms with van der Waals surface area (Å²) < 4.78 is 13.6. The fourth-order valence-electron chi connectivity index (χ4n) is 3.40. The van der Waals surface area contributed by atoms with Crippen LogP contribution >= 0.6 is 11.8 Å². The number of thioether (sulfide) groups is 1. The number of aryl methyl sites for hydroxylation is 1. The summed E-state index contributed by atoms with van der Waals surface area (Å²) in [4.78, 5) is 12.4. The highest BCUT2D eigenvalue weighted by Crippen LogP contribution is 2.31. The second kappa shape index (κ2) is 9.87. The highest BCUT2D eigenvalue weighted by molar-refractivity contribution is 7.99. The van der Waals surface area contributed by atoms with Crippen molar-refractivity contribution in [1.82, 2.24) is 14.8 Å². The lowest BCUT2D eigenvalue weighted by atomic mass is 10.1. The number of aromatic nitrogens is 3. The summed E-state index contributed by atoms with van der Waals surface area (Å²) in [5.41, 5.74) is 2.95. The van der Waals surface area contributed by atoms with Gasteiger partial charge in [0.2, 0.25) is 5.91 Å². The number of carbonyl (C=O) groups is 1. The van der Waals surface area contributed by atoms with Gasteiger partial charge >= 0.3 is 0 Å². The molecule has 0 spiro atoms. The fourth-order valence-corrected chi connectivity index (χ4v) is 4.23. The molecule has 2 aromatic carbocycles. The van der Waals surface area contributed by atoms with Gasteiger partial charge in [-0.2, -0.15) is 0 Å². The Labute approximate surface area is 186 Å². The van der Waals surface area contributed by atoms with Crippen LogP contribution < -0.4 is 14.8 Å². The van der Waals surface area contributed by atoms with Crippen molar-refractivity contribution in [3.8, 4) is 11.5 Å². The second-order valence-electron chi connectivity index (χ2n) is 7.30. The van der Waals surface area contributed by atoms with Crippen LogP contribution in [0.15, 0.2) is 47.6 Å². The first-order valence-electron chi connectivity index (χ1n) is 10.4. The summed E-state index contributed by atoms with van der Waals surface area (Å²) in [6, 6.07) is 13.7. The zero-order valence-corrected chi connectivity index (χ0v) is 18.6. The number of nitrogens with zero attached hydrogens (tertiary/aromatic N) is 3. The number of hydrogen-bond donors (Lipinski definition) is 1. The minimum atomic E-state index is -0.0607. The third kappa shape index (κ3) is 5.19. The van der Waals surface area contributed by atoms with Gasteiger partial charge in [-0.05, 0) is 43.2 Å². The Morgan fingerprint density at radius 3 is 2.74 bits per heavy atom. The SMILES string of the molecule is CCn1c(Cc2ccc3c(c2)OCCCO3)nnc1SCC(=O)Nc1ccccc1C. The van der Waals surface area contributed by atoms with Crippen molar-refractivity contribution in [1.29, 1.82) is 0 Å². The number of amides is 1. The number of carbonyl (C=O) groups excluding carboxylic acids is 1. The molecule has 0 unspecified atom stereocenters. The van der Waals surface area contributed by atoms with Crippen LogP contribution in [0.5, 0.6) is 11.5 Å². The van der Waals surface area contributed by atoms with Crippen LogP contribution in [0.3, 0.4) is 0 Å². The molecule has 0 bridgehead atoms. The van der Waals surface area contributed by atoms with Crippen molar-refractivity contribution < 1.29 is 14.3 Å². The molecule has 4 rings (SSSR count). The van der Waals surface area contributed by atoms with E-state index in [1.54, 1.807) is 0 Å². The van der Waals surface area contributed by atoms with Gasteiger partial charge in [0.25, 0.3) is 0 Å². The van der Waals surface area contributed by atoms with E-state index < -0.39 is 0 Å². The molecule has 0 radical (unpaired) electrons. The number of para-hydroxylation sites is 1. The average Bonchev–Trinajstić information content (AvgIpc) is 3.00. The number of ether oxygens (including phenoxy) is 2. The first kappa shape index (κ1) is 21.2. The molecule has 1 aromatic heterocycles. The molecule has 7 nitrogen and oxygen atoms in total. The van der Waals surface area contributed by atoms with Gasteiger partial charge in [0.05, 0.1) is 19.0 Å². The molecule has 1 N–H and O–H groups in total. The summed E-state index contributed by atoms with van der Waals surface area (Å²) in [6.07, 6.45) is 1.51. The monoisotopic (exact) mass is 438 g/mol. The Balaban J connectivity index is 1.41. The standard InChI is InChI=1S/C23H26N4O3S/c1-3-27-21(14-17-9-10-19-20(13-17)30-12-6-11-29-19)25-26-23(27)31-15-22(28)24-18-8-5-4-7-16(18)2/h4-5,7-10,13H,3,6,11-12,14-15H2,1-2H3,(H,24,28). The van der Waals surface area contributed by atoms with Crippen LogP contribution in [-0.2, 0) is 17.8 Å². The Morgan fingerprint density at radius 1 is 1.13 bits per heavy atom. The van der Waals surface area contributed by atoms with Crippen molar-refractivity contribution in [2.45, 2.75) is 38.4 Å². The smallest absolute Gasteiger partial charge is 0.234 e. The number of rotatable bonds is 7. The third-order valence-corrected chi connectivity index (χ3v) is 6.00. The highest BCUT2D eigenvalue weighted by atomic mass is 32.2. The van der Waals surface area contributed by atoms with Crippen LogP contribution in [-0.4, -0.2) is 39.6 Å². The van der Waals surface area contributed by atoms with Crippen LogP contribution in [0.1, 0.15) is 30.3 Å². The number of benzene rings is 2. The van der Waals surface area contributed by atoms with Gasteiger partial charge in [0.15, 0.2) is 16.7 Å². The normalized spacial score (nSPS) is 13.0. The summed E-state index contributed by atoms with van der Waals surface area (Å²) in [7, 11) is 0. The first-order chi connectivity index (χ1) is 15.1. The van der Waals surface area contributed by atoms with E-state index in [0.717, 1.165) is 52.3 Å². The Hall–Kier alpha value is -3.00. The molecule has 0 saturated carbocycles. The zero-order valence-electron chi connectivity index (χ0n) is 17.8. The fraction of sp³-hybridized carbons (Fsp3) is 0.348. The van der Waals surface area contributed by atoms with Gasteiger partial charge in [-0.3, -0.25) is 4.79 Å². The topological polar surface area (TPSA) is 78.3 Å². The zero-order chi connectivity index (χ0) is 21.6. The predicted octanol–water partition coefficient (Wildman–Crippen LogP) is 4.09. The molecule has 1 aliphatic heterocycles. The molecule has 0 atom stereocenters. The highest BCUT2D eigenvalue weighted by Gasteiger charge is 2.16. The Kier molecular flexibility index (Phi) is 6.76. The summed E-state index contributed by atoms with van der Waals surface area (Å²) in [5, 5.41) is 12.4. The molecule has 0 fully saturated rings. The number of anilines is 1. The van der Waals surface area contributed by atoms with Gasteiger partial charge in [-0.1, -0.05) is 36.0 Å². The second-order valence-corrected chi connectivity index (χ2v) is 8.25. The maximum atomic E-state index is 12.4. The number of nitrogens with one attached hydrogen (secondary N) is 1. The van der Waals surface area contributed by atoms with Gasteiger partial charge < -0.3 is 19.4 Å². The van der Waals surface area contributed by atoms with Crippen molar-refractivity contribution in [2.75, 3.05) is 24.3 Å². The molecule has 2 heterocycles. The van der Waals surface area contributed by atoms with E-state index in [1.165, 1.54) is 11.8 Å². The van der Waals surface area contributed by atoms with E-state index in [1.807, 2.05) is 49.4 Å². The molecule has 0 aliphatic carbocycles. The minimum Gasteiger partial charge on any atom is -0.490 e. The van der Waals surface area contributed by atoms with E-state index in [-0.39, 0.29) is 11.7 Å². The maximum absolute atomic E-state index is 12.4. The van der Waals surface area contributed by atoms with Gasteiger partial charge in [0, 0.05) is 25.1 Å². The molecular weight excluding hydrogens is 412 g/mol. The van der Waals surface area contributed by atoms with Gasteiger partial charge in [0.1, 0.15) is 5.82 Å².